The number of hydrogen-bond donors (Lipinski definition) is 2. The first kappa shape index (κ1) is 14.3. The van der Waals surface area contributed by atoms with E-state index in [2.05, 4.69) is 15.5 Å². The molecule has 2 unspecified atom stereocenters. The summed E-state index contributed by atoms with van der Waals surface area (Å²) in [5.74, 6) is 0.0241. The molecule has 19 heavy (non-hydrogen) atoms. The Labute approximate surface area is 113 Å². The minimum Gasteiger partial charge on any atom is -0.379 e. The molecule has 0 radical (unpaired) electrons. The Morgan fingerprint density at radius 2 is 2.26 bits per heavy atom. The lowest BCUT2D eigenvalue weighted by atomic mass is 9.98. The molecule has 2 fully saturated rings. The number of rotatable bonds is 4. The zero-order valence-corrected chi connectivity index (χ0v) is 11.5. The van der Waals surface area contributed by atoms with Crippen LogP contribution in [-0.4, -0.2) is 62.1 Å². The van der Waals surface area contributed by atoms with Crippen molar-refractivity contribution in [2.75, 3.05) is 39.4 Å². The average molecular weight is 269 g/mol. The van der Waals surface area contributed by atoms with Gasteiger partial charge in [0.05, 0.1) is 19.1 Å². The van der Waals surface area contributed by atoms with Gasteiger partial charge in [0, 0.05) is 38.6 Å². The highest BCUT2D eigenvalue weighted by Gasteiger charge is 2.25. The number of ether oxygens (including phenoxy) is 1. The summed E-state index contributed by atoms with van der Waals surface area (Å²) in [6, 6.07) is 0.128. The van der Waals surface area contributed by atoms with Crippen LogP contribution in [0, 0.1) is 5.92 Å². The van der Waals surface area contributed by atoms with Gasteiger partial charge in [-0.25, -0.2) is 0 Å². The molecule has 108 valence electrons. The van der Waals surface area contributed by atoms with Crippen LogP contribution >= 0.6 is 0 Å². The van der Waals surface area contributed by atoms with Gasteiger partial charge in [0.15, 0.2) is 0 Å². The van der Waals surface area contributed by atoms with E-state index in [0.717, 1.165) is 32.8 Å². The Morgan fingerprint density at radius 1 is 1.53 bits per heavy atom. The van der Waals surface area contributed by atoms with E-state index in [9.17, 15) is 9.59 Å². The first-order valence-corrected chi connectivity index (χ1v) is 7.02. The first-order chi connectivity index (χ1) is 9.15. The molecule has 0 spiro atoms. The first-order valence-electron chi connectivity index (χ1n) is 7.02. The van der Waals surface area contributed by atoms with Crippen LogP contribution in [0.1, 0.15) is 19.8 Å². The number of carbonyl (C=O) groups is 2. The maximum Gasteiger partial charge on any atom is 0.225 e. The summed E-state index contributed by atoms with van der Waals surface area (Å²) >= 11 is 0. The predicted molar refractivity (Wildman–Crippen MR) is 70.6 cm³/mol. The van der Waals surface area contributed by atoms with Crippen molar-refractivity contribution >= 4 is 11.8 Å². The minimum atomic E-state index is -0.0789. The molecule has 0 aromatic carbocycles. The Bertz CT molecular complexity index is 319. The Balaban J connectivity index is 1.70. The van der Waals surface area contributed by atoms with Gasteiger partial charge in [0.25, 0.3) is 0 Å². The van der Waals surface area contributed by atoms with Crippen molar-refractivity contribution < 1.29 is 14.3 Å². The molecule has 2 amide bonds. The van der Waals surface area contributed by atoms with E-state index in [-0.39, 0.29) is 23.8 Å². The fraction of sp³-hybridized carbons (Fsp3) is 0.846. The summed E-state index contributed by atoms with van der Waals surface area (Å²) in [6.07, 6.45) is 1.11. The summed E-state index contributed by atoms with van der Waals surface area (Å²) < 4.78 is 5.30. The lowest BCUT2D eigenvalue weighted by Gasteiger charge is -2.30. The standard InChI is InChI=1S/C13H23N3O3/c1-10(9-16-4-6-19-7-5-16)15-13(18)11-2-3-12(17)14-8-11/h10-11H,2-9H2,1H3,(H,14,17)(H,15,18). The predicted octanol–water partition coefficient (Wildman–Crippen LogP) is -0.650. The van der Waals surface area contributed by atoms with E-state index in [1.807, 2.05) is 6.92 Å². The molecule has 6 heteroatoms. The second-order valence-corrected chi connectivity index (χ2v) is 5.36. The van der Waals surface area contributed by atoms with Gasteiger partial charge in [-0.3, -0.25) is 14.5 Å². The second-order valence-electron chi connectivity index (χ2n) is 5.36. The van der Waals surface area contributed by atoms with Crippen LogP contribution in [0.5, 0.6) is 0 Å². The van der Waals surface area contributed by atoms with E-state index in [1.54, 1.807) is 0 Å². The molecule has 2 aliphatic rings. The number of carbonyl (C=O) groups excluding carboxylic acids is 2. The molecule has 0 saturated carbocycles. The van der Waals surface area contributed by atoms with E-state index in [0.29, 0.717) is 19.4 Å². The molecule has 0 aliphatic carbocycles. The number of morpholine rings is 1. The van der Waals surface area contributed by atoms with Crippen molar-refractivity contribution in [2.45, 2.75) is 25.8 Å². The molecule has 2 atom stereocenters. The Kier molecular flexibility index (Phi) is 5.15. The van der Waals surface area contributed by atoms with Crippen LogP contribution in [0.4, 0.5) is 0 Å². The number of piperidine rings is 1. The third-order valence-corrected chi connectivity index (χ3v) is 3.66. The zero-order valence-electron chi connectivity index (χ0n) is 11.5. The lowest BCUT2D eigenvalue weighted by molar-refractivity contribution is -0.129. The smallest absolute Gasteiger partial charge is 0.225 e. The third kappa shape index (κ3) is 4.47. The van der Waals surface area contributed by atoms with Gasteiger partial charge in [-0.1, -0.05) is 0 Å². The molecule has 0 bridgehead atoms. The lowest BCUT2D eigenvalue weighted by Crippen LogP contribution is -2.49. The number of amides is 2. The van der Waals surface area contributed by atoms with E-state index >= 15 is 0 Å². The fourth-order valence-corrected chi connectivity index (χ4v) is 2.53. The fourth-order valence-electron chi connectivity index (χ4n) is 2.53. The molecule has 6 nitrogen and oxygen atoms in total. The van der Waals surface area contributed by atoms with Gasteiger partial charge >= 0.3 is 0 Å². The highest BCUT2D eigenvalue weighted by molar-refractivity contribution is 5.83. The second kappa shape index (κ2) is 6.86. The van der Waals surface area contributed by atoms with Gasteiger partial charge in [0.2, 0.25) is 11.8 Å². The minimum absolute atomic E-state index is 0.0467. The van der Waals surface area contributed by atoms with Crippen LogP contribution in [0.15, 0.2) is 0 Å². The molecular formula is C13H23N3O3. The van der Waals surface area contributed by atoms with Gasteiger partial charge < -0.3 is 15.4 Å². The summed E-state index contributed by atoms with van der Waals surface area (Å²) in [5.41, 5.74) is 0. The van der Waals surface area contributed by atoms with Crippen molar-refractivity contribution in [2.24, 2.45) is 5.92 Å². The average Bonchev–Trinajstić information content (AvgIpc) is 2.40. The van der Waals surface area contributed by atoms with Crippen LogP contribution in [0.25, 0.3) is 0 Å². The van der Waals surface area contributed by atoms with Crippen LogP contribution in [0.2, 0.25) is 0 Å². The summed E-state index contributed by atoms with van der Waals surface area (Å²) in [4.78, 5) is 25.4. The van der Waals surface area contributed by atoms with Crippen molar-refractivity contribution in [1.82, 2.24) is 15.5 Å². The van der Waals surface area contributed by atoms with Crippen molar-refractivity contribution in [3.8, 4) is 0 Å². The summed E-state index contributed by atoms with van der Waals surface area (Å²) in [5, 5.41) is 5.78. The summed E-state index contributed by atoms with van der Waals surface area (Å²) in [7, 11) is 0. The Hall–Kier alpha value is -1.14. The van der Waals surface area contributed by atoms with Gasteiger partial charge in [0.1, 0.15) is 0 Å². The van der Waals surface area contributed by atoms with Gasteiger partial charge in [-0.2, -0.15) is 0 Å². The van der Waals surface area contributed by atoms with E-state index in [1.165, 1.54) is 0 Å². The van der Waals surface area contributed by atoms with Crippen LogP contribution in [0.3, 0.4) is 0 Å². The Morgan fingerprint density at radius 3 is 2.89 bits per heavy atom. The third-order valence-electron chi connectivity index (χ3n) is 3.66. The SMILES string of the molecule is CC(CN1CCOCC1)NC(=O)C1CCC(=O)NC1. The van der Waals surface area contributed by atoms with Crippen molar-refractivity contribution in [3.05, 3.63) is 0 Å². The molecule has 0 aromatic heterocycles. The number of nitrogens with zero attached hydrogens (tertiary/aromatic N) is 1. The van der Waals surface area contributed by atoms with Crippen molar-refractivity contribution in [1.29, 1.82) is 0 Å². The molecule has 2 N–H and O–H groups in total. The molecular weight excluding hydrogens is 246 g/mol. The molecule has 2 saturated heterocycles. The van der Waals surface area contributed by atoms with Crippen LogP contribution in [-0.2, 0) is 14.3 Å². The van der Waals surface area contributed by atoms with Crippen molar-refractivity contribution in [3.63, 3.8) is 0 Å². The maximum atomic E-state index is 12.1. The highest BCUT2D eigenvalue weighted by atomic mass is 16.5. The van der Waals surface area contributed by atoms with E-state index < -0.39 is 0 Å². The number of hydrogen-bond acceptors (Lipinski definition) is 4. The van der Waals surface area contributed by atoms with E-state index in [4.69, 9.17) is 4.74 Å². The molecule has 2 aliphatic heterocycles. The monoisotopic (exact) mass is 269 g/mol. The largest absolute Gasteiger partial charge is 0.379 e. The van der Waals surface area contributed by atoms with Gasteiger partial charge in [-0.15, -0.1) is 0 Å². The normalized spacial score (nSPS) is 26.6. The van der Waals surface area contributed by atoms with Gasteiger partial charge in [-0.05, 0) is 13.3 Å². The number of nitrogens with one attached hydrogen (secondary N) is 2. The molecule has 0 aromatic rings. The maximum absolute atomic E-state index is 12.1. The highest BCUT2D eigenvalue weighted by Crippen LogP contribution is 2.11. The molecule has 2 heterocycles. The zero-order chi connectivity index (χ0) is 13.7. The summed E-state index contributed by atoms with van der Waals surface area (Å²) in [6.45, 7) is 6.75. The van der Waals surface area contributed by atoms with Crippen LogP contribution < -0.4 is 10.6 Å². The topological polar surface area (TPSA) is 70.7 Å². The molecule has 2 rings (SSSR count). The quantitative estimate of drug-likeness (QED) is 0.711.